The number of anilines is 1. The molecule has 1 heterocycles. The van der Waals surface area contributed by atoms with Gasteiger partial charge in [-0.25, -0.2) is 9.48 Å². The van der Waals surface area contributed by atoms with Crippen LogP contribution < -0.4 is 16.4 Å². The SMILES string of the molecule is Cc1c(NC(N)=S)ccc(-n2cccn2)c1CNC(=O)OC(C)(C)C. The van der Waals surface area contributed by atoms with Crippen LogP contribution in [0.2, 0.25) is 0 Å². The summed E-state index contributed by atoms with van der Waals surface area (Å²) in [5, 5.41) is 10.2. The highest BCUT2D eigenvalue weighted by molar-refractivity contribution is 7.80. The van der Waals surface area contributed by atoms with E-state index >= 15 is 0 Å². The number of thiocarbonyl (C=S) groups is 1. The molecule has 0 bridgehead atoms. The lowest BCUT2D eigenvalue weighted by molar-refractivity contribution is 0.0523. The van der Waals surface area contributed by atoms with Crippen molar-refractivity contribution >= 4 is 29.1 Å². The minimum absolute atomic E-state index is 0.181. The molecule has 0 aliphatic carbocycles. The number of aromatic nitrogens is 2. The van der Waals surface area contributed by atoms with Crippen molar-refractivity contribution in [1.82, 2.24) is 15.1 Å². The van der Waals surface area contributed by atoms with Crippen LogP contribution in [0.4, 0.5) is 10.5 Å². The van der Waals surface area contributed by atoms with E-state index in [-0.39, 0.29) is 11.7 Å². The molecule has 0 fully saturated rings. The quantitative estimate of drug-likeness (QED) is 0.725. The minimum atomic E-state index is -0.556. The van der Waals surface area contributed by atoms with Gasteiger partial charge in [0.15, 0.2) is 5.11 Å². The number of benzene rings is 1. The topological polar surface area (TPSA) is 94.2 Å². The van der Waals surface area contributed by atoms with Crippen LogP contribution in [-0.2, 0) is 11.3 Å². The molecule has 0 spiro atoms. The Kier molecular flexibility index (Phi) is 5.63. The molecule has 0 atom stereocenters. The molecular weight excluding hydrogens is 338 g/mol. The summed E-state index contributed by atoms with van der Waals surface area (Å²) in [6.45, 7) is 7.67. The molecule has 134 valence electrons. The van der Waals surface area contributed by atoms with Gasteiger partial charge in [-0.1, -0.05) is 0 Å². The summed E-state index contributed by atoms with van der Waals surface area (Å²) in [7, 11) is 0. The molecule has 2 aromatic rings. The first-order valence-electron chi connectivity index (χ1n) is 7.83. The molecule has 0 saturated carbocycles. The lowest BCUT2D eigenvalue weighted by Gasteiger charge is -2.21. The largest absolute Gasteiger partial charge is 0.444 e. The zero-order chi connectivity index (χ0) is 18.6. The molecule has 4 N–H and O–H groups in total. The van der Waals surface area contributed by atoms with Gasteiger partial charge in [-0.3, -0.25) is 0 Å². The van der Waals surface area contributed by atoms with Crippen molar-refractivity contribution in [3.8, 4) is 5.69 Å². The summed E-state index contributed by atoms with van der Waals surface area (Å²) in [6, 6.07) is 5.61. The predicted octanol–water partition coefficient (Wildman–Crippen LogP) is 2.86. The normalized spacial score (nSPS) is 11.0. The van der Waals surface area contributed by atoms with Crippen LogP contribution in [0.15, 0.2) is 30.6 Å². The van der Waals surface area contributed by atoms with Crippen molar-refractivity contribution in [1.29, 1.82) is 0 Å². The van der Waals surface area contributed by atoms with E-state index in [0.29, 0.717) is 0 Å². The van der Waals surface area contributed by atoms with Crippen molar-refractivity contribution in [2.75, 3.05) is 5.32 Å². The first kappa shape index (κ1) is 18.7. The van der Waals surface area contributed by atoms with Crippen LogP contribution in [0, 0.1) is 6.92 Å². The van der Waals surface area contributed by atoms with Crippen molar-refractivity contribution in [3.05, 3.63) is 41.7 Å². The molecule has 1 aromatic carbocycles. The number of carbonyl (C=O) groups excluding carboxylic acids is 1. The molecule has 0 aliphatic heterocycles. The zero-order valence-electron chi connectivity index (χ0n) is 14.8. The number of alkyl carbamates (subject to hydrolysis) is 1. The van der Waals surface area contributed by atoms with Gasteiger partial charge in [0, 0.05) is 30.2 Å². The number of hydrogen-bond acceptors (Lipinski definition) is 4. The van der Waals surface area contributed by atoms with Gasteiger partial charge in [0.2, 0.25) is 0 Å². The van der Waals surface area contributed by atoms with Crippen LogP contribution in [0.25, 0.3) is 5.69 Å². The molecule has 25 heavy (non-hydrogen) atoms. The van der Waals surface area contributed by atoms with Crippen molar-refractivity contribution in [2.24, 2.45) is 5.73 Å². The maximum atomic E-state index is 12.0. The molecule has 2 rings (SSSR count). The summed E-state index contributed by atoms with van der Waals surface area (Å²) < 4.78 is 7.04. The zero-order valence-corrected chi connectivity index (χ0v) is 15.6. The Balaban J connectivity index is 2.31. The predicted molar refractivity (Wildman–Crippen MR) is 102 cm³/mol. The third-order valence-corrected chi connectivity index (χ3v) is 3.49. The lowest BCUT2D eigenvalue weighted by Crippen LogP contribution is -2.32. The van der Waals surface area contributed by atoms with Gasteiger partial charge in [0.1, 0.15) is 5.60 Å². The smallest absolute Gasteiger partial charge is 0.407 e. The third-order valence-electron chi connectivity index (χ3n) is 3.39. The molecule has 0 radical (unpaired) electrons. The summed E-state index contributed by atoms with van der Waals surface area (Å²) >= 11 is 4.92. The Labute approximate surface area is 152 Å². The van der Waals surface area contributed by atoms with E-state index in [0.717, 1.165) is 22.5 Å². The highest BCUT2D eigenvalue weighted by Crippen LogP contribution is 2.25. The number of rotatable bonds is 4. The number of ether oxygens (including phenoxy) is 1. The molecular formula is C17H23N5O2S. The van der Waals surface area contributed by atoms with E-state index in [9.17, 15) is 4.79 Å². The van der Waals surface area contributed by atoms with Crippen molar-refractivity contribution in [2.45, 2.75) is 39.8 Å². The molecule has 0 aliphatic rings. The van der Waals surface area contributed by atoms with Crippen LogP contribution >= 0.6 is 12.2 Å². The van der Waals surface area contributed by atoms with Crippen LogP contribution in [0.5, 0.6) is 0 Å². The lowest BCUT2D eigenvalue weighted by atomic mass is 10.0. The second kappa shape index (κ2) is 7.52. The van der Waals surface area contributed by atoms with Gasteiger partial charge in [-0.05, 0) is 63.7 Å². The fourth-order valence-electron chi connectivity index (χ4n) is 2.33. The van der Waals surface area contributed by atoms with Crippen molar-refractivity contribution < 1.29 is 9.53 Å². The third kappa shape index (κ3) is 5.18. The van der Waals surface area contributed by atoms with Gasteiger partial charge in [0.05, 0.1) is 5.69 Å². The number of nitrogens with two attached hydrogens (primary N) is 1. The van der Waals surface area contributed by atoms with E-state index < -0.39 is 11.7 Å². The fourth-order valence-corrected chi connectivity index (χ4v) is 2.44. The Bertz CT molecular complexity index is 766. The summed E-state index contributed by atoms with van der Waals surface area (Å²) in [6.07, 6.45) is 3.06. The molecule has 1 amide bonds. The van der Waals surface area contributed by atoms with E-state index in [4.69, 9.17) is 22.7 Å². The Hall–Kier alpha value is -2.61. The minimum Gasteiger partial charge on any atom is -0.444 e. The highest BCUT2D eigenvalue weighted by atomic mass is 32.1. The molecule has 0 saturated heterocycles. The number of nitrogens with one attached hydrogen (secondary N) is 2. The van der Waals surface area contributed by atoms with E-state index in [2.05, 4.69) is 15.7 Å². The monoisotopic (exact) mass is 361 g/mol. The number of hydrogen-bond donors (Lipinski definition) is 3. The average molecular weight is 361 g/mol. The summed E-state index contributed by atoms with van der Waals surface area (Å²) in [4.78, 5) is 12.0. The summed E-state index contributed by atoms with van der Waals surface area (Å²) in [5.41, 5.74) is 8.46. The molecule has 0 unspecified atom stereocenters. The Morgan fingerprint density at radius 1 is 1.40 bits per heavy atom. The molecule has 1 aromatic heterocycles. The Morgan fingerprint density at radius 3 is 2.68 bits per heavy atom. The van der Waals surface area contributed by atoms with Crippen molar-refractivity contribution in [3.63, 3.8) is 0 Å². The van der Waals surface area contributed by atoms with Gasteiger partial charge in [-0.15, -0.1) is 0 Å². The van der Waals surface area contributed by atoms with Gasteiger partial charge in [0.25, 0.3) is 0 Å². The first-order valence-corrected chi connectivity index (χ1v) is 8.24. The van der Waals surface area contributed by atoms with Crippen LogP contribution in [-0.4, -0.2) is 26.6 Å². The van der Waals surface area contributed by atoms with Gasteiger partial charge >= 0.3 is 6.09 Å². The molecule has 8 heteroatoms. The molecule has 7 nitrogen and oxygen atoms in total. The first-order chi connectivity index (χ1) is 11.7. The maximum absolute atomic E-state index is 12.0. The number of amides is 1. The standard InChI is InChI=1S/C17H23N5O2S/c1-11-12(10-19-16(23)24-17(2,3)4)14(22-9-5-8-20-22)7-6-13(11)21-15(18)25/h5-9H,10H2,1-4H3,(H,19,23)(H3,18,21,25). The fraction of sp³-hybridized carbons (Fsp3) is 0.353. The number of carbonyl (C=O) groups is 1. The summed E-state index contributed by atoms with van der Waals surface area (Å²) in [5.74, 6) is 0. The second-order valence-electron chi connectivity index (χ2n) is 6.53. The van der Waals surface area contributed by atoms with E-state index in [1.54, 1.807) is 10.9 Å². The number of nitrogens with zero attached hydrogens (tertiary/aromatic N) is 2. The van der Waals surface area contributed by atoms with E-state index in [1.165, 1.54) is 0 Å². The maximum Gasteiger partial charge on any atom is 0.407 e. The highest BCUT2D eigenvalue weighted by Gasteiger charge is 2.18. The van der Waals surface area contributed by atoms with Gasteiger partial charge < -0.3 is 21.1 Å². The Morgan fingerprint density at radius 2 is 2.12 bits per heavy atom. The van der Waals surface area contributed by atoms with E-state index in [1.807, 2.05) is 52.1 Å². The average Bonchev–Trinajstić information content (AvgIpc) is 2.99. The van der Waals surface area contributed by atoms with Gasteiger partial charge in [-0.2, -0.15) is 5.10 Å². The second-order valence-corrected chi connectivity index (χ2v) is 6.97. The van der Waals surface area contributed by atoms with Crippen LogP contribution in [0.1, 0.15) is 31.9 Å². The van der Waals surface area contributed by atoms with Crippen LogP contribution in [0.3, 0.4) is 0 Å².